The maximum Gasteiger partial charge on any atom is 0.313 e. The number of hydrogen-bond acceptors (Lipinski definition) is 4. The molecule has 0 aliphatic carbocycles. The number of aromatic nitrogens is 1. The minimum absolute atomic E-state index is 0.384. The number of hydrogen-bond donors (Lipinski definition) is 2. The second kappa shape index (κ2) is 8.52. The van der Waals surface area contributed by atoms with E-state index in [1.807, 2.05) is 57.2 Å². The van der Waals surface area contributed by atoms with Crippen LogP contribution in [0.1, 0.15) is 31.0 Å². The van der Waals surface area contributed by atoms with Crippen LogP contribution in [0, 0.1) is 6.92 Å². The Morgan fingerprint density at radius 3 is 2.68 bits per heavy atom. The van der Waals surface area contributed by atoms with Gasteiger partial charge < -0.3 is 15.4 Å². The van der Waals surface area contributed by atoms with Crippen LogP contribution in [0.15, 0.2) is 54.7 Å². The fourth-order valence-corrected chi connectivity index (χ4v) is 3.02. The summed E-state index contributed by atoms with van der Waals surface area (Å²) in [6.07, 6.45) is 1.65. The van der Waals surface area contributed by atoms with Crippen molar-refractivity contribution in [2.24, 2.45) is 0 Å². The predicted molar refractivity (Wildman–Crippen MR) is 109 cm³/mol. The molecule has 2 aromatic carbocycles. The molecule has 0 spiro atoms. The highest BCUT2D eigenvalue weighted by Crippen LogP contribution is 2.26. The van der Waals surface area contributed by atoms with Crippen LogP contribution in [0.4, 0.5) is 5.69 Å². The lowest BCUT2D eigenvalue weighted by molar-refractivity contribution is -0.136. The van der Waals surface area contributed by atoms with Gasteiger partial charge in [0, 0.05) is 17.1 Å². The van der Waals surface area contributed by atoms with Crippen molar-refractivity contribution in [3.8, 4) is 5.75 Å². The first-order chi connectivity index (χ1) is 13.5. The van der Waals surface area contributed by atoms with Gasteiger partial charge in [-0.15, -0.1) is 0 Å². The zero-order valence-corrected chi connectivity index (χ0v) is 16.2. The average Bonchev–Trinajstić information content (AvgIpc) is 2.69. The molecule has 6 nitrogen and oxygen atoms in total. The molecule has 1 atom stereocenters. The number of ether oxygens (including phenoxy) is 1. The fraction of sp³-hybridized carbons (Fsp3) is 0.227. The maximum atomic E-state index is 12.4. The number of carbonyl (C=O) groups excluding carboxylic acids is 2. The Balaban J connectivity index is 1.74. The van der Waals surface area contributed by atoms with E-state index in [1.54, 1.807) is 18.3 Å². The molecule has 1 heterocycles. The quantitative estimate of drug-likeness (QED) is 0.664. The van der Waals surface area contributed by atoms with Crippen molar-refractivity contribution >= 4 is 28.4 Å². The molecule has 0 fully saturated rings. The Labute approximate surface area is 163 Å². The van der Waals surface area contributed by atoms with Gasteiger partial charge in [0.2, 0.25) is 0 Å². The van der Waals surface area contributed by atoms with E-state index in [2.05, 4.69) is 15.6 Å². The highest BCUT2D eigenvalue weighted by atomic mass is 16.5. The van der Waals surface area contributed by atoms with Gasteiger partial charge >= 0.3 is 11.8 Å². The van der Waals surface area contributed by atoms with Crippen LogP contribution in [0.5, 0.6) is 5.75 Å². The number of nitrogens with zero attached hydrogens (tertiary/aromatic N) is 1. The topological polar surface area (TPSA) is 80.3 Å². The molecule has 2 N–H and O–H groups in total. The molecule has 0 saturated heterocycles. The number of nitrogens with one attached hydrogen (secondary N) is 2. The molecule has 144 valence electrons. The Bertz CT molecular complexity index is 1010. The predicted octanol–water partition coefficient (Wildman–Crippen LogP) is 3.76. The largest absolute Gasteiger partial charge is 0.494 e. The van der Waals surface area contributed by atoms with Crippen molar-refractivity contribution in [3.63, 3.8) is 0 Å². The lowest BCUT2D eigenvalue weighted by atomic mass is 10.0. The van der Waals surface area contributed by atoms with E-state index in [4.69, 9.17) is 4.74 Å². The van der Waals surface area contributed by atoms with E-state index in [0.717, 1.165) is 16.5 Å². The summed E-state index contributed by atoms with van der Waals surface area (Å²) in [6, 6.07) is 14.5. The Hall–Kier alpha value is -3.41. The van der Waals surface area contributed by atoms with Gasteiger partial charge in [0.25, 0.3) is 0 Å². The first-order valence-corrected chi connectivity index (χ1v) is 9.18. The standard InChI is InChI=1S/C22H23N3O3/c1-4-28-19-11-10-14(2)13-17(19)15(3)24-21(26)22(27)25-18-9-5-7-16-8-6-12-23-20(16)18/h5-13,15H,4H2,1-3H3,(H,24,26)(H,25,27). The number of pyridine rings is 1. The van der Waals surface area contributed by atoms with Crippen LogP contribution in [0.25, 0.3) is 10.9 Å². The number of rotatable bonds is 5. The van der Waals surface area contributed by atoms with Crippen LogP contribution < -0.4 is 15.4 Å². The molecule has 1 unspecified atom stereocenters. The van der Waals surface area contributed by atoms with E-state index < -0.39 is 11.8 Å². The number of carbonyl (C=O) groups is 2. The highest BCUT2D eigenvalue weighted by Gasteiger charge is 2.20. The molecule has 3 aromatic rings. The third-order valence-electron chi connectivity index (χ3n) is 4.37. The Morgan fingerprint density at radius 2 is 1.89 bits per heavy atom. The zero-order valence-electron chi connectivity index (χ0n) is 16.2. The van der Waals surface area contributed by atoms with Gasteiger partial charge in [-0.05, 0) is 39.0 Å². The third kappa shape index (κ3) is 4.28. The molecular formula is C22H23N3O3. The minimum Gasteiger partial charge on any atom is -0.494 e. The van der Waals surface area contributed by atoms with Gasteiger partial charge in [-0.25, -0.2) is 0 Å². The van der Waals surface area contributed by atoms with Crippen molar-refractivity contribution in [3.05, 3.63) is 65.9 Å². The van der Waals surface area contributed by atoms with Crippen molar-refractivity contribution in [1.82, 2.24) is 10.3 Å². The van der Waals surface area contributed by atoms with Gasteiger partial charge in [-0.1, -0.05) is 35.9 Å². The molecule has 3 rings (SSSR count). The van der Waals surface area contributed by atoms with Crippen molar-refractivity contribution in [1.29, 1.82) is 0 Å². The van der Waals surface area contributed by atoms with Crippen LogP contribution in [0.3, 0.4) is 0 Å². The molecule has 2 amide bonds. The van der Waals surface area contributed by atoms with E-state index in [-0.39, 0.29) is 6.04 Å². The summed E-state index contributed by atoms with van der Waals surface area (Å²) < 4.78 is 5.64. The van der Waals surface area contributed by atoms with Gasteiger partial charge in [-0.2, -0.15) is 0 Å². The average molecular weight is 377 g/mol. The van der Waals surface area contributed by atoms with E-state index >= 15 is 0 Å². The Morgan fingerprint density at radius 1 is 1.11 bits per heavy atom. The van der Waals surface area contributed by atoms with Crippen LogP contribution in [0.2, 0.25) is 0 Å². The van der Waals surface area contributed by atoms with E-state index in [1.165, 1.54) is 0 Å². The first kappa shape index (κ1) is 19.4. The smallest absolute Gasteiger partial charge is 0.313 e. The summed E-state index contributed by atoms with van der Waals surface area (Å²) in [5, 5.41) is 6.27. The summed E-state index contributed by atoms with van der Waals surface area (Å²) in [7, 11) is 0. The highest BCUT2D eigenvalue weighted by molar-refractivity contribution is 6.40. The molecular weight excluding hydrogens is 354 g/mol. The minimum atomic E-state index is -0.740. The number of amides is 2. The van der Waals surface area contributed by atoms with Gasteiger partial charge in [-0.3, -0.25) is 14.6 Å². The Kier molecular flexibility index (Phi) is 5.89. The van der Waals surface area contributed by atoms with Gasteiger partial charge in [0.15, 0.2) is 0 Å². The van der Waals surface area contributed by atoms with Crippen molar-refractivity contribution in [2.45, 2.75) is 26.8 Å². The molecule has 0 radical (unpaired) electrons. The summed E-state index contributed by atoms with van der Waals surface area (Å²) in [6.45, 7) is 6.21. The van der Waals surface area contributed by atoms with E-state index in [0.29, 0.717) is 23.6 Å². The number of aryl methyl sites for hydroxylation is 1. The molecule has 28 heavy (non-hydrogen) atoms. The summed E-state index contributed by atoms with van der Waals surface area (Å²) >= 11 is 0. The fourth-order valence-electron chi connectivity index (χ4n) is 3.02. The molecule has 6 heteroatoms. The van der Waals surface area contributed by atoms with Crippen LogP contribution >= 0.6 is 0 Å². The summed E-state index contributed by atoms with van der Waals surface area (Å²) in [5.41, 5.74) is 3.01. The molecule has 0 aliphatic heterocycles. The number of benzene rings is 2. The van der Waals surface area contributed by atoms with Crippen LogP contribution in [-0.2, 0) is 9.59 Å². The van der Waals surface area contributed by atoms with Gasteiger partial charge in [0.1, 0.15) is 5.75 Å². The normalized spacial score (nSPS) is 11.7. The lowest BCUT2D eigenvalue weighted by Crippen LogP contribution is -2.37. The second-order valence-electron chi connectivity index (χ2n) is 6.50. The summed E-state index contributed by atoms with van der Waals surface area (Å²) in [5.74, 6) is -0.764. The van der Waals surface area contributed by atoms with E-state index in [9.17, 15) is 9.59 Å². The van der Waals surface area contributed by atoms with Gasteiger partial charge in [0.05, 0.1) is 23.9 Å². The van der Waals surface area contributed by atoms with Crippen molar-refractivity contribution < 1.29 is 14.3 Å². The first-order valence-electron chi connectivity index (χ1n) is 9.18. The molecule has 0 aliphatic rings. The zero-order chi connectivity index (χ0) is 20.1. The third-order valence-corrected chi connectivity index (χ3v) is 4.37. The molecule has 1 aromatic heterocycles. The SMILES string of the molecule is CCOc1ccc(C)cc1C(C)NC(=O)C(=O)Nc1cccc2cccnc12. The molecule has 0 saturated carbocycles. The lowest BCUT2D eigenvalue weighted by Gasteiger charge is -2.18. The number of anilines is 1. The molecule has 0 bridgehead atoms. The maximum absolute atomic E-state index is 12.4. The number of fused-ring (bicyclic) bond motifs is 1. The summed E-state index contributed by atoms with van der Waals surface area (Å²) in [4.78, 5) is 29.1. The number of para-hydroxylation sites is 1. The van der Waals surface area contributed by atoms with Crippen molar-refractivity contribution in [2.75, 3.05) is 11.9 Å². The van der Waals surface area contributed by atoms with Crippen LogP contribution in [-0.4, -0.2) is 23.4 Å². The second-order valence-corrected chi connectivity index (χ2v) is 6.50. The monoisotopic (exact) mass is 377 g/mol.